The van der Waals surface area contributed by atoms with Crippen LogP contribution < -0.4 is 4.74 Å². The maximum atomic E-state index is 14.4. The molecule has 4 heterocycles. The predicted octanol–water partition coefficient (Wildman–Crippen LogP) is 5.09. The summed E-state index contributed by atoms with van der Waals surface area (Å²) < 4.78 is 22.2. The number of hydrogen-bond donors (Lipinski definition) is 0. The lowest BCUT2D eigenvalue weighted by Crippen LogP contribution is -2.04. The minimum Gasteiger partial charge on any atom is -0.493 e. The van der Waals surface area contributed by atoms with Crippen LogP contribution in [0.5, 0.6) is 5.75 Å². The van der Waals surface area contributed by atoms with Crippen molar-refractivity contribution in [2.24, 2.45) is 0 Å². The van der Waals surface area contributed by atoms with Crippen molar-refractivity contribution >= 4 is 11.3 Å². The van der Waals surface area contributed by atoms with E-state index in [1.165, 1.54) is 6.20 Å². The first kappa shape index (κ1) is 18.9. The van der Waals surface area contributed by atoms with Crippen LogP contribution in [0.1, 0.15) is 30.3 Å². The number of benzene rings is 1. The normalized spacial score (nSPS) is 13.0. The van der Waals surface area contributed by atoms with Crippen molar-refractivity contribution in [1.82, 2.24) is 24.7 Å². The van der Waals surface area contributed by atoms with E-state index in [-0.39, 0.29) is 6.04 Å². The van der Waals surface area contributed by atoms with Gasteiger partial charge in [0.25, 0.3) is 0 Å². The Bertz CT molecular complexity index is 1250. The molecular weight excluding hydrogens is 401 g/mol. The zero-order chi connectivity index (χ0) is 20.8. The number of hydrogen-bond acceptors (Lipinski definition) is 6. The summed E-state index contributed by atoms with van der Waals surface area (Å²) in [7, 11) is 0. The SMILES string of the molecule is Cc1cnc(F)c(-c2ccc3c(c2)-c2nc(-c4ncnn4C(C)C)sc2CCO3)c1. The van der Waals surface area contributed by atoms with Crippen LogP contribution in [0.3, 0.4) is 0 Å². The van der Waals surface area contributed by atoms with E-state index in [0.29, 0.717) is 12.2 Å². The van der Waals surface area contributed by atoms with E-state index in [1.807, 2.05) is 29.8 Å². The van der Waals surface area contributed by atoms with Gasteiger partial charge in [0.15, 0.2) is 10.8 Å². The second-order valence-electron chi connectivity index (χ2n) is 7.57. The van der Waals surface area contributed by atoms with E-state index in [4.69, 9.17) is 9.72 Å². The molecule has 0 aliphatic carbocycles. The molecule has 0 unspecified atom stereocenters. The third kappa shape index (κ3) is 3.17. The summed E-state index contributed by atoms with van der Waals surface area (Å²) in [5.74, 6) is 1.02. The molecule has 0 saturated carbocycles. The summed E-state index contributed by atoms with van der Waals surface area (Å²) in [6.07, 6.45) is 3.85. The lowest BCUT2D eigenvalue weighted by Gasteiger charge is -2.10. The number of aromatic nitrogens is 5. The molecule has 0 amide bonds. The monoisotopic (exact) mass is 421 g/mol. The number of thiazole rings is 1. The molecule has 4 aromatic rings. The van der Waals surface area contributed by atoms with Crippen molar-refractivity contribution in [2.75, 3.05) is 6.61 Å². The number of ether oxygens (including phenoxy) is 1. The molecule has 30 heavy (non-hydrogen) atoms. The van der Waals surface area contributed by atoms with Gasteiger partial charge in [-0.25, -0.2) is 19.6 Å². The first-order valence-corrected chi connectivity index (χ1v) is 10.6. The molecule has 0 fully saturated rings. The van der Waals surface area contributed by atoms with Crippen LogP contribution >= 0.6 is 11.3 Å². The van der Waals surface area contributed by atoms with Crippen molar-refractivity contribution in [3.05, 3.63) is 53.2 Å². The molecule has 6 nitrogen and oxygen atoms in total. The van der Waals surface area contributed by atoms with Crippen molar-refractivity contribution in [2.45, 2.75) is 33.2 Å². The molecule has 0 atom stereocenters. The standard InChI is InChI=1S/C22H20FN5OS/c1-12(2)28-21(25-11-26-28)22-27-19-16-9-14(15-8-13(3)10-24-20(15)23)4-5-17(16)29-7-6-18(19)30-22/h4-5,8-12H,6-7H2,1-3H3. The highest BCUT2D eigenvalue weighted by molar-refractivity contribution is 7.15. The Balaban J connectivity index is 1.65. The summed E-state index contributed by atoms with van der Waals surface area (Å²) in [5, 5.41) is 5.16. The summed E-state index contributed by atoms with van der Waals surface area (Å²) in [5.41, 5.74) is 3.85. The number of halogens is 1. The molecule has 0 N–H and O–H groups in total. The van der Waals surface area contributed by atoms with Gasteiger partial charge in [-0.1, -0.05) is 6.07 Å². The third-order valence-corrected chi connectivity index (χ3v) is 6.17. The molecule has 8 heteroatoms. The molecule has 152 valence electrons. The minimum absolute atomic E-state index is 0.185. The summed E-state index contributed by atoms with van der Waals surface area (Å²) in [6, 6.07) is 7.68. The molecule has 5 rings (SSSR count). The number of fused-ring (bicyclic) bond motifs is 3. The first-order valence-electron chi connectivity index (χ1n) is 9.80. The van der Waals surface area contributed by atoms with Crippen LogP contribution in [-0.4, -0.2) is 31.3 Å². The van der Waals surface area contributed by atoms with Gasteiger partial charge in [-0.15, -0.1) is 11.3 Å². The zero-order valence-corrected chi connectivity index (χ0v) is 17.7. The molecule has 0 radical (unpaired) electrons. The van der Waals surface area contributed by atoms with Crippen molar-refractivity contribution in [3.8, 4) is 39.0 Å². The molecule has 0 saturated heterocycles. The van der Waals surface area contributed by atoms with Crippen LogP contribution in [0, 0.1) is 12.9 Å². The highest BCUT2D eigenvalue weighted by Gasteiger charge is 2.24. The van der Waals surface area contributed by atoms with Crippen LogP contribution in [0.25, 0.3) is 33.2 Å². The van der Waals surface area contributed by atoms with Crippen LogP contribution in [-0.2, 0) is 6.42 Å². The van der Waals surface area contributed by atoms with Crippen LogP contribution in [0.2, 0.25) is 0 Å². The second kappa shape index (κ2) is 7.28. The van der Waals surface area contributed by atoms with Gasteiger partial charge >= 0.3 is 0 Å². The Hall–Kier alpha value is -3.13. The van der Waals surface area contributed by atoms with Crippen molar-refractivity contribution in [1.29, 1.82) is 0 Å². The van der Waals surface area contributed by atoms with Gasteiger partial charge in [0.2, 0.25) is 5.95 Å². The zero-order valence-electron chi connectivity index (χ0n) is 16.9. The molecular formula is C22H20FN5OS. The smallest absolute Gasteiger partial charge is 0.220 e. The summed E-state index contributed by atoms with van der Waals surface area (Å²) >= 11 is 1.61. The lowest BCUT2D eigenvalue weighted by molar-refractivity contribution is 0.327. The average Bonchev–Trinajstić information content (AvgIpc) is 3.34. The van der Waals surface area contributed by atoms with Crippen LogP contribution in [0.4, 0.5) is 4.39 Å². The van der Waals surface area contributed by atoms with Crippen LogP contribution in [0.15, 0.2) is 36.8 Å². The van der Waals surface area contributed by atoms with E-state index in [0.717, 1.165) is 50.3 Å². The van der Waals surface area contributed by atoms with E-state index in [9.17, 15) is 4.39 Å². The third-order valence-electron chi connectivity index (χ3n) is 5.06. The minimum atomic E-state index is -0.487. The fraction of sp³-hybridized carbons (Fsp3) is 0.273. The lowest BCUT2D eigenvalue weighted by atomic mass is 10.0. The Kier molecular flexibility index (Phi) is 4.58. The van der Waals surface area contributed by atoms with E-state index < -0.39 is 5.95 Å². The van der Waals surface area contributed by atoms with Gasteiger partial charge in [0, 0.05) is 34.7 Å². The first-order chi connectivity index (χ1) is 14.5. The Morgan fingerprint density at radius 2 is 2.03 bits per heavy atom. The number of nitrogens with zero attached hydrogens (tertiary/aromatic N) is 5. The predicted molar refractivity (Wildman–Crippen MR) is 114 cm³/mol. The number of aryl methyl sites for hydroxylation is 1. The van der Waals surface area contributed by atoms with E-state index in [1.54, 1.807) is 23.7 Å². The average molecular weight is 422 g/mol. The van der Waals surface area contributed by atoms with E-state index >= 15 is 0 Å². The van der Waals surface area contributed by atoms with Gasteiger partial charge in [0.1, 0.15) is 12.1 Å². The Morgan fingerprint density at radius 1 is 1.17 bits per heavy atom. The van der Waals surface area contributed by atoms with Crippen molar-refractivity contribution in [3.63, 3.8) is 0 Å². The van der Waals surface area contributed by atoms with Gasteiger partial charge in [-0.3, -0.25) is 0 Å². The van der Waals surface area contributed by atoms with Gasteiger partial charge in [-0.05, 0) is 50.1 Å². The molecule has 0 spiro atoms. The second-order valence-corrected chi connectivity index (χ2v) is 8.66. The Labute approximate surface area is 177 Å². The van der Waals surface area contributed by atoms with Gasteiger partial charge in [-0.2, -0.15) is 9.49 Å². The van der Waals surface area contributed by atoms with Gasteiger partial charge < -0.3 is 4.74 Å². The highest BCUT2D eigenvalue weighted by Crippen LogP contribution is 2.42. The molecule has 1 aromatic carbocycles. The quantitative estimate of drug-likeness (QED) is 0.431. The highest BCUT2D eigenvalue weighted by atomic mass is 32.1. The Morgan fingerprint density at radius 3 is 2.87 bits per heavy atom. The topological polar surface area (TPSA) is 65.7 Å². The fourth-order valence-corrected chi connectivity index (χ4v) is 4.67. The largest absolute Gasteiger partial charge is 0.493 e. The number of rotatable bonds is 3. The maximum Gasteiger partial charge on any atom is 0.220 e. The molecule has 1 aliphatic rings. The molecule has 0 bridgehead atoms. The molecule has 1 aliphatic heterocycles. The van der Waals surface area contributed by atoms with Gasteiger partial charge in [0.05, 0.1) is 12.3 Å². The molecule has 3 aromatic heterocycles. The van der Waals surface area contributed by atoms with E-state index in [2.05, 4.69) is 28.9 Å². The maximum absolute atomic E-state index is 14.4. The fourth-order valence-electron chi connectivity index (χ4n) is 3.63. The summed E-state index contributed by atoms with van der Waals surface area (Å²) in [6.45, 7) is 6.60. The van der Waals surface area contributed by atoms with Crippen molar-refractivity contribution < 1.29 is 9.13 Å². The number of pyridine rings is 1. The summed E-state index contributed by atoms with van der Waals surface area (Å²) in [4.78, 5) is 14.3.